The van der Waals surface area contributed by atoms with E-state index in [0.29, 0.717) is 6.04 Å². The molecule has 7 nitrogen and oxygen atoms in total. The van der Waals surface area contributed by atoms with Crippen LogP contribution in [-0.4, -0.2) is 62.4 Å². The van der Waals surface area contributed by atoms with Crippen molar-refractivity contribution in [2.24, 2.45) is 0 Å². The van der Waals surface area contributed by atoms with E-state index in [-0.39, 0.29) is 0 Å². The van der Waals surface area contributed by atoms with E-state index in [1.54, 1.807) is 0 Å². The highest BCUT2D eigenvalue weighted by Crippen LogP contribution is 2.32. The second-order valence-electron chi connectivity index (χ2n) is 9.82. The van der Waals surface area contributed by atoms with Gasteiger partial charge in [-0.15, -0.1) is 0 Å². The minimum Gasteiger partial charge on any atom is -0.339 e. The first-order valence-corrected chi connectivity index (χ1v) is 12.7. The van der Waals surface area contributed by atoms with Crippen molar-refractivity contribution in [3.05, 3.63) is 89.6 Å². The zero-order valence-electron chi connectivity index (χ0n) is 20.4. The number of fused-ring (bicyclic) bond motifs is 2. The number of piperazine rings is 1. The van der Waals surface area contributed by atoms with Gasteiger partial charge < -0.3 is 4.90 Å². The maximum Gasteiger partial charge on any atom is 0.211 e. The number of hydrogen-bond donors (Lipinski definition) is 0. The molecule has 6 rings (SSSR count). The van der Waals surface area contributed by atoms with Gasteiger partial charge in [-0.2, -0.15) is 0 Å². The Bertz CT molecular complexity index is 1280. The highest BCUT2D eigenvalue weighted by molar-refractivity contribution is 5.48. The normalized spacial score (nSPS) is 18.8. The maximum absolute atomic E-state index is 4.95. The van der Waals surface area contributed by atoms with Crippen molar-refractivity contribution < 1.29 is 0 Å². The molecule has 0 saturated carbocycles. The highest BCUT2D eigenvalue weighted by Gasteiger charge is 2.26. The molecule has 1 saturated heterocycles. The molecule has 180 valence electrons. The van der Waals surface area contributed by atoms with Crippen molar-refractivity contribution >= 4 is 11.6 Å². The largest absolute Gasteiger partial charge is 0.339 e. The lowest BCUT2D eigenvalue weighted by atomic mass is 9.91. The predicted molar refractivity (Wildman–Crippen MR) is 138 cm³/mol. The van der Waals surface area contributed by atoms with Gasteiger partial charge in [-0.1, -0.05) is 36.4 Å². The van der Waals surface area contributed by atoms with Crippen LogP contribution in [0.25, 0.3) is 5.65 Å². The van der Waals surface area contributed by atoms with Crippen molar-refractivity contribution in [3.63, 3.8) is 0 Å². The van der Waals surface area contributed by atoms with E-state index in [2.05, 4.69) is 74.8 Å². The summed E-state index contributed by atoms with van der Waals surface area (Å²) < 4.78 is 2.17. The molecular weight excluding hydrogens is 434 g/mol. The van der Waals surface area contributed by atoms with E-state index in [1.807, 2.05) is 18.5 Å². The minimum absolute atomic E-state index is 0.347. The van der Waals surface area contributed by atoms with Gasteiger partial charge in [-0.3, -0.25) is 19.2 Å². The fourth-order valence-corrected chi connectivity index (χ4v) is 5.59. The summed E-state index contributed by atoms with van der Waals surface area (Å²) >= 11 is 0. The van der Waals surface area contributed by atoms with Gasteiger partial charge in [0, 0.05) is 57.9 Å². The maximum atomic E-state index is 4.95. The lowest BCUT2D eigenvalue weighted by Crippen LogP contribution is -2.46. The molecule has 2 aliphatic rings. The van der Waals surface area contributed by atoms with E-state index in [1.165, 1.54) is 23.2 Å². The van der Waals surface area contributed by atoms with Crippen LogP contribution >= 0.6 is 0 Å². The Hall–Kier alpha value is -3.29. The number of benzene rings is 1. The van der Waals surface area contributed by atoms with E-state index in [0.717, 1.165) is 69.4 Å². The van der Waals surface area contributed by atoms with Gasteiger partial charge >= 0.3 is 0 Å². The van der Waals surface area contributed by atoms with E-state index < -0.39 is 0 Å². The van der Waals surface area contributed by atoms with Crippen LogP contribution in [0.3, 0.4) is 0 Å². The first-order chi connectivity index (χ1) is 17.2. The first-order valence-electron chi connectivity index (χ1n) is 12.7. The predicted octanol–water partition coefficient (Wildman–Crippen LogP) is 3.96. The van der Waals surface area contributed by atoms with Crippen LogP contribution in [0.5, 0.6) is 0 Å². The molecule has 0 radical (unpaired) electrons. The second kappa shape index (κ2) is 9.76. The lowest BCUT2D eigenvalue weighted by Gasteiger charge is -2.35. The monoisotopic (exact) mass is 467 g/mol. The summed E-state index contributed by atoms with van der Waals surface area (Å²) in [4.78, 5) is 21.8. The van der Waals surface area contributed by atoms with Gasteiger partial charge in [0.15, 0.2) is 0 Å². The fraction of sp³-hybridized carbons (Fsp3) is 0.393. The van der Waals surface area contributed by atoms with Crippen LogP contribution in [0.2, 0.25) is 0 Å². The molecule has 4 heterocycles. The van der Waals surface area contributed by atoms with Crippen molar-refractivity contribution in [1.82, 2.24) is 29.2 Å². The van der Waals surface area contributed by atoms with Crippen LogP contribution in [0.4, 0.5) is 5.95 Å². The van der Waals surface area contributed by atoms with Gasteiger partial charge in [0.1, 0.15) is 5.65 Å². The summed E-state index contributed by atoms with van der Waals surface area (Å²) in [6, 6.07) is 17.4. The van der Waals surface area contributed by atoms with Gasteiger partial charge in [-0.05, 0) is 49.6 Å². The molecule has 1 aliphatic carbocycles. The summed E-state index contributed by atoms with van der Waals surface area (Å²) in [6.45, 7) is 5.81. The summed E-state index contributed by atoms with van der Waals surface area (Å²) in [5.74, 6) is 0.993. The minimum atomic E-state index is 0.347. The van der Waals surface area contributed by atoms with E-state index >= 15 is 0 Å². The van der Waals surface area contributed by atoms with E-state index in [4.69, 9.17) is 15.0 Å². The number of rotatable bonds is 6. The molecule has 0 bridgehead atoms. The SMILES string of the molecule is CN(Cc1cn2c(N3CCN(Cc4ccccc4)CC3)nccc2n1)[C@H]1CCCc2cccnc21. The van der Waals surface area contributed by atoms with Crippen molar-refractivity contribution in [1.29, 1.82) is 0 Å². The number of aryl methyl sites for hydroxylation is 1. The number of hydrogen-bond acceptors (Lipinski definition) is 6. The third kappa shape index (κ3) is 4.66. The Kier molecular flexibility index (Phi) is 6.19. The molecule has 1 aromatic carbocycles. The molecule has 1 atom stereocenters. The Balaban J connectivity index is 1.15. The molecule has 1 fully saturated rings. The average molecular weight is 468 g/mol. The molecule has 7 heteroatoms. The van der Waals surface area contributed by atoms with Gasteiger partial charge in [0.25, 0.3) is 0 Å². The zero-order valence-corrected chi connectivity index (χ0v) is 20.4. The number of pyridine rings is 1. The number of aromatic nitrogens is 4. The number of anilines is 1. The quantitative estimate of drug-likeness (QED) is 0.428. The molecule has 0 unspecified atom stereocenters. The van der Waals surface area contributed by atoms with Crippen molar-refractivity contribution in [3.8, 4) is 0 Å². The Morgan fingerprint density at radius 2 is 1.80 bits per heavy atom. The fourth-order valence-electron chi connectivity index (χ4n) is 5.59. The Labute approximate surface area is 207 Å². The number of nitrogens with zero attached hydrogens (tertiary/aromatic N) is 7. The zero-order chi connectivity index (χ0) is 23.6. The smallest absolute Gasteiger partial charge is 0.211 e. The Morgan fingerprint density at radius 3 is 2.66 bits per heavy atom. The summed E-state index contributed by atoms with van der Waals surface area (Å²) in [7, 11) is 2.20. The average Bonchev–Trinajstić information content (AvgIpc) is 3.32. The first kappa shape index (κ1) is 22.2. The molecule has 4 aromatic rings. The van der Waals surface area contributed by atoms with Crippen LogP contribution in [0.1, 0.15) is 41.4 Å². The Morgan fingerprint density at radius 1 is 0.943 bits per heavy atom. The molecule has 0 spiro atoms. The third-order valence-electron chi connectivity index (χ3n) is 7.43. The summed E-state index contributed by atoms with van der Waals surface area (Å²) in [5, 5.41) is 0. The van der Waals surface area contributed by atoms with Crippen molar-refractivity contribution in [2.45, 2.75) is 38.4 Å². The molecular formula is C28H33N7. The van der Waals surface area contributed by atoms with Crippen LogP contribution in [0.15, 0.2) is 67.1 Å². The van der Waals surface area contributed by atoms with Crippen LogP contribution in [0, 0.1) is 0 Å². The summed E-state index contributed by atoms with van der Waals surface area (Å²) in [6.07, 6.45) is 9.48. The number of imidazole rings is 1. The molecule has 1 aliphatic heterocycles. The van der Waals surface area contributed by atoms with Crippen molar-refractivity contribution in [2.75, 3.05) is 38.1 Å². The lowest BCUT2D eigenvalue weighted by molar-refractivity contribution is 0.206. The standard InChI is InChI=1S/C28H33N7/c1-32(25-11-5-9-23-10-6-13-29-27(23)25)20-24-21-35-26(31-24)12-14-30-28(35)34-17-15-33(16-18-34)19-22-7-3-2-4-8-22/h2-4,6-8,10,12-14,21,25H,5,9,11,15-20H2,1H3/t25-/m0/s1. The molecule has 0 N–H and O–H groups in total. The summed E-state index contributed by atoms with van der Waals surface area (Å²) in [5.41, 5.74) is 6.05. The molecule has 0 amide bonds. The van der Waals surface area contributed by atoms with Crippen LogP contribution < -0.4 is 4.90 Å². The third-order valence-corrected chi connectivity index (χ3v) is 7.43. The van der Waals surface area contributed by atoms with Gasteiger partial charge in [0.2, 0.25) is 5.95 Å². The topological polar surface area (TPSA) is 52.8 Å². The second-order valence-corrected chi connectivity index (χ2v) is 9.82. The molecule has 3 aromatic heterocycles. The van der Waals surface area contributed by atoms with Crippen LogP contribution in [-0.2, 0) is 19.5 Å². The highest BCUT2D eigenvalue weighted by atomic mass is 15.3. The van der Waals surface area contributed by atoms with Gasteiger partial charge in [-0.25, -0.2) is 9.97 Å². The van der Waals surface area contributed by atoms with E-state index in [9.17, 15) is 0 Å². The molecule has 35 heavy (non-hydrogen) atoms. The van der Waals surface area contributed by atoms with Gasteiger partial charge in [0.05, 0.1) is 17.4 Å².